The van der Waals surface area contributed by atoms with Gasteiger partial charge in [0.05, 0.1) is 5.56 Å². The molecule has 0 radical (unpaired) electrons. The number of halogens is 7. The van der Waals surface area contributed by atoms with Crippen LogP contribution in [-0.2, 0) is 12.6 Å². The molecule has 0 spiro atoms. The third-order valence-corrected chi connectivity index (χ3v) is 6.89. The van der Waals surface area contributed by atoms with E-state index < -0.39 is 30.0 Å². The Morgan fingerprint density at radius 1 is 0.952 bits per heavy atom. The quantitative estimate of drug-likeness (QED) is 0.132. The lowest BCUT2D eigenvalue weighted by Crippen LogP contribution is -2.30. The predicted molar refractivity (Wildman–Crippen MR) is 144 cm³/mol. The van der Waals surface area contributed by atoms with Gasteiger partial charge in [0, 0.05) is 29.6 Å². The summed E-state index contributed by atoms with van der Waals surface area (Å²) in [6, 6.07) is 9.67. The van der Waals surface area contributed by atoms with Crippen molar-refractivity contribution in [1.29, 1.82) is 0 Å². The topological polar surface area (TPSA) is 76.9 Å². The van der Waals surface area contributed by atoms with Crippen LogP contribution in [0.1, 0.15) is 60.4 Å². The fourth-order valence-corrected chi connectivity index (χ4v) is 4.81. The van der Waals surface area contributed by atoms with Gasteiger partial charge in [0.15, 0.2) is 17.5 Å². The number of hydrogen-bond donors (Lipinski definition) is 1. The van der Waals surface area contributed by atoms with Crippen LogP contribution in [-0.4, -0.2) is 32.6 Å². The zero-order valence-electron chi connectivity index (χ0n) is 22.4. The van der Waals surface area contributed by atoms with Gasteiger partial charge in [-0.1, -0.05) is 35.9 Å². The molecule has 1 N–H and O–H groups in total. The standard InChI is InChI=1S/C29H23ClF6N4O2/c1-15-10-19(25(29(34,35)36)40-17(3)12-24(39-40)28(31,32)33)11-16(2)22(15)14-23(41)18-6-4-7-20(13-18)38-27(42)21-8-5-9-37-26(21)30/h4-13,25H,14H2,1-3H3,(H,38,42). The van der Waals surface area contributed by atoms with E-state index in [9.17, 15) is 35.9 Å². The monoisotopic (exact) mass is 608 g/mol. The minimum atomic E-state index is -4.96. The molecule has 0 aliphatic rings. The van der Waals surface area contributed by atoms with E-state index in [4.69, 9.17) is 11.6 Å². The molecule has 2 aromatic heterocycles. The third-order valence-electron chi connectivity index (χ3n) is 6.59. The molecule has 2 aromatic carbocycles. The molecule has 2 heterocycles. The Kier molecular flexibility index (Phi) is 8.49. The van der Waals surface area contributed by atoms with Crippen LogP contribution in [0.5, 0.6) is 0 Å². The van der Waals surface area contributed by atoms with Gasteiger partial charge in [-0.25, -0.2) is 4.98 Å². The summed E-state index contributed by atoms with van der Waals surface area (Å²) < 4.78 is 82.4. The van der Waals surface area contributed by atoms with Gasteiger partial charge in [-0.15, -0.1) is 0 Å². The van der Waals surface area contributed by atoms with Crippen molar-refractivity contribution in [3.05, 3.63) is 111 Å². The molecular formula is C29H23ClF6N4O2. The lowest BCUT2D eigenvalue weighted by atomic mass is 9.91. The third kappa shape index (κ3) is 6.64. The van der Waals surface area contributed by atoms with Crippen molar-refractivity contribution < 1.29 is 35.9 Å². The Bertz CT molecular complexity index is 1640. The number of Topliss-reactive ketones (excluding diaryl/α,β-unsaturated/α-hetero) is 1. The van der Waals surface area contributed by atoms with E-state index in [0.717, 1.165) is 6.92 Å². The van der Waals surface area contributed by atoms with Crippen molar-refractivity contribution >= 4 is 29.0 Å². The van der Waals surface area contributed by atoms with Crippen LogP contribution < -0.4 is 5.32 Å². The van der Waals surface area contributed by atoms with Crippen molar-refractivity contribution in [2.45, 2.75) is 45.6 Å². The van der Waals surface area contributed by atoms with Gasteiger partial charge in [-0.05, 0) is 73.4 Å². The number of anilines is 1. The summed E-state index contributed by atoms with van der Waals surface area (Å²) in [7, 11) is 0. The molecule has 4 rings (SSSR count). The molecule has 0 aliphatic carbocycles. The summed E-state index contributed by atoms with van der Waals surface area (Å²) in [5.74, 6) is -0.900. The second-order valence-corrected chi connectivity index (χ2v) is 10.0. The van der Waals surface area contributed by atoms with Crippen molar-refractivity contribution in [3.8, 4) is 0 Å². The SMILES string of the molecule is Cc1cc(C(n2nc(C(F)(F)F)cc2C)C(F)(F)F)cc(C)c1CC(=O)c1cccc(NC(=O)c2cccnc2Cl)c1. The maximum Gasteiger partial charge on any atom is 0.435 e. The highest BCUT2D eigenvalue weighted by Gasteiger charge is 2.45. The van der Waals surface area contributed by atoms with Crippen LogP contribution in [0.25, 0.3) is 0 Å². The first kappa shape index (κ1) is 30.8. The highest BCUT2D eigenvalue weighted by molar-refractivity contribution is 6.33. The van der Waals surface area contributed by atoms with E-state index >= 15 is 0 Å². The second kappa shape index (κ2) is 11.6. The lowest BCUT2D eigenvalue weighted by molar-refractivity contribution is -0.162. The lowest BCUT2D eigenvalue weighted by Gasteiger charge is -2.24. The molecule has 0 aliphatic heterocycles. The largest absolute Gasteiger partial charge is 0.435 e. The maximum atomic E-state index is 14.2. The van der Waals surface area contributed by atoms with Crippen molar-refractivity contribution in [3.63, 3.8) is 0 Å². The number of aromatic nitrogens is 3. The molecular weight excluding hydrogens is 586 g/mol. The van der Waals surface area contributed by atoms with E-state index in [1.165, 1.54) is 50.4 Å². The number of carbonyl (C=O) groups excluding carboxylic acids is 2. The van der Waals surface area contributed by atoms with Crippen LogP contribution >= 0.6 is 11.6 Å². The van der Waals surface area contributed by atoms with E-state index in [2.05, 4.69) is 15.4 Å². The molecule has 13 heteroatoms. The first-order valence-electron chi connectivity index (χ1n) is 12.4. The average Bonchev–Trinajstić information content (AvgIpc) is 3.27. The van der Waals surface area contributed by atoms with Gasteiger partial charge in [0.2, 0.25) is 0 Å². The van der Waals surface area contributed by atoms with E-state index in [0.29, 0.717) is 33.1 Å². The maximum absolute atomic E-state index is 14.2. The van der Waals surface area contributed by atoms with Crippen LogP contribution in [0, 0.1) is 20.8 Å². The number of pyridine rings is 1. The van der Waals surface area contributed by atoms with Crippen molar-refractivity contribution in [2.75, 3.05) is 5.32 Å². The number of benzene rings is 2. The fraction of sp³-hybridized carbons (Fsp3) is 0.241. The average molecular weight is 609 g/mol. The molecule has 4 aromatic rings. The van der Waals surface area contributed by atoms with Gasteiger partial charge in [0.1, 0.15) is 5.15 Å². The Morgan fingerprint density at radius 2 is 1.62 bits per heavy atom. The molecule has 220 valence electrons. The predicted octanol–water partition coefficient (Wildman–Crippen LogP) is 7.70. The van der Waals surface area contributed by atoms with Gasteiger partial charge in [-0.3, -0.25) is 14.3 Å². The summed E-state index contributed by atoms with van der Waals surface area (Å²) in [6.07, 6.45) is -8.60. The molecule has 1 unspecified atom stereocenters. The number of nitrogens with one attached hydrogen (secondary N) is 1. The number of rotatable bonds is 7. The minimum absolute atomic E-state index is 0.00731. The van der Waals surface area contributed by atoms with Crippen molar-refractivity contribution in [2.24, 2.45) is 0 Å². The van der Waals surface area contributed by atoms with Gasteiger partial charge in [0.25, 0.3) is 5.91 Å². The van der Waals surface area contributed by atoms with Crippen LogP contribution in [0.4, 0.5) is 32.0 Å². The number of alkyl halides is 6. The van der Waals surface area contributed by atoms with Gasteiger partial charge < -0.3 is 5.32 Å². The molecule has 0 bridgehead atoms. The zero-order chi connectivity index (χ0) is 31.0. The number of amides is 1. The van der Waals surface area contributed by atoms with Gasteiger partial charge in [-0.2, -0.15) is 31.4 Å². The number of carbonyl (C=O) groups is 2. The second-order valence-electron chi connectivity index (χ2n) is 9.67. The summed E-state index contributed by atoms with van der Waals surface area (Å²) in [5.41, 5.74) is -0.179. The summed E-state index contributed by atoms with van der Waals surface area (Å²) >= 11 is 5.97. The number of aryl methyl sites for hydroxylation is 3. The van der Waals surface area contributed by atoms with Gasteiger partial charge >= 0.3 is 12.4 Å². The summed E-state index contributed by atoms with van der Waals surface area (Å²) in [6.45, 7) is 4.17. The van der Waals surface area contributed by atoms with E-state index in [1.54, 1.807) is 18.2 Å². The molecule has 0 saturated heterocycles. The molecule has 1 atom stereocenters. The molecule has 0 saturated carbocycles. The highest BCUT2D eigenvalue weighted by Crippen LogP contribution is 2.39. The molecule has 1 amide bonds. The van der Waals surface area contributed by atoms with Crippen LogP contribution in [0.2, 0.25) is 5.15 Å². The number of nitrogens with zero attached hydrogens (tertiary/aromatic N) is 3. The van der Waals surface area contributed by atoms with E-state index in [1.807, 2.05) is 0 Å². The Morgan fingerprint density at radius 3 is 2.19 bits per heavy atom. The smallest absolute Gasteiger partial charge is 0.322 e. The number of hydrogen-bond acceptors (Lipinski definition) is 4. The Hall–Kier alpha value is -4.19. The summed E-state index contributed by atoms with van der Waals surface area (Å²) in [4.78, 5) is 29.6. The van der Waals surface area contributed by atoms with Crippen LogP contribution in [0.3, 0.4) is 0 Å². The van der Waals surface area contributed by atoms with Crippen molar-refractivity contribution in [1.82, 2.24) is 14.8 Å². The normalized spacial score (nSPS) is 12.7. The first-order chi connectivity index (χ1) is 19.6. The highest BCUT2D eigenvalue weighted by atomic mass is 35.5. The minimum Gasteiger partial charge on any atom is -0.322 e. The van der Waals surface area contributed by atoms with E-state index in [-0.39, 0.29) is 39.7 Å². The first-order valence-corrected chi connectivity index (χ1v) is 12.8. The van der Waals surface area contributed by atoms with Crippen LogP contribution in [0.15, 0.2) is 60.8 Å². The Labute approximate surface area is 241 Å². The number of ketones is 1. The molecule has 42 heavy (non-hydrogen) atoms. The molecule has 0 fully saturated rings. The fourth-order valence-electron chi connectivity index (χ4n) is 4.61. The molecule has 6 nitrogen and oxygen atoms in total. The zero-order valence-corrected chi connectivity index (χ0v) is 23.1. The Balaban J connectivity index is 1.60. The summed E-state index contributed by atoms with van der Waals surface area (Å²) in [5, 5.41) is 5.88.